The lowest BCUT2D eigenvalue weighted by Crippen LogP contribution is -2.09. The van der Waals surface area contributed by atoms with E-state index < -0.39 is 0 Å². The molecule has 13 heavy (non-hydrogen) atoms. The number of rotatable bonds is 2. The van der Waals surface area contributed by atoms with Crippen LogP contribution in [0.3, 0.4) is 0 Å². The fourth-order valence-corrected chi connectivity index (χ4v) is 1.34. The normalized spacial score (nSPS) is 12.8. The summed E-state index contributed by atoms with van der Waals surface area (Å²) in [4.78, 5) is 0. The Hall–Kier alpha value is -1.22. The summed E-state index contributed by atoms with van der Waals surface area (Å²) < 4.78 is 0. The molecular weight excluding hydrogens is 166 g/mol. The van der Waals surface area contributed by atoms with Crippen LogP contribution in [-0.2, 0) is 0 Å². The van der Waals surface area contributed by atoms with Crippen molar-refractivity contribution in [2.24, 2.45) is 5.73 Å². The van der Waals surface area contributed by atoms with Gasteiger partial charge >= 0.3 is 0 Å². The minimum atomic E-state index is -0.305. The number of aryl methyl sites for hydroxylation is 1. The van der Waals surface area contributed by atoms with Crippen LogP contribution in [0.1, 0.15) is 30.5 Å². The van der Waals surface area contributed by atoms with Crippen LogP contribution in [0.4, 0.5) is 0 Å². The van der Waals surface area contributed by atoms with Gasteiger partial charge in [-0.2, -0.15) is 0 Å². The monoisotopic (exact) mass is 181 g/mol. The van der Waals surface area contributed by atoms with Crippen molar-refractivity contribution in [2.75, 3.05) is 0 Å². The molecule has 1 atom stereocenters. The molecule has 72 valence electrons. The fourth-order valence-electron chi connectivity index (χ4n) is 1.34. The van der Waals surface area contributed by atoms with E-state index in [4.69, 9.17) is 5.73 Å². The van der Waals surface area contributed by atoms with E-state index in [0.29, 0.717) is 12.0 Å². The molecule has 1 rings (SSSR count). The molecule has 0 aliphatic heterocycles. The molecule has 3 heteroatoms. The second kappa shape index (κ2) is 3.66. The highest BCUT2D eigenvalue weighted by Crippen LogP contribution is 2.33. The smallest absolute Gasteiger partial charge is 0.124 e. The molecule has 0 aliphatic carbocycles. The molecule has 0 unspecified atom stereocenters. The fraction of sp³-hybridized carbons (Fsp3) is 0.400. The molecule has 0 saturated carbocycles. The van der Waals surface area contributed by atoms with E-state index in [1.54, 1.807) is 19.1 Å². The summed E-state index contributed by atoms with van der Waals surface area (Å²) in [5, 5.41) is 19.1. The van der Waals surface area contributed by atoms with Gasteiger partial charge in [0.25, 0.3) is 0 Å². The predicted octanol–water partition coefficient (Wildman–Crippen LogP) is 1.82. The van der Waals surface area contributed by atoms with Gasteiger partial charge in [-0.1, -0.05) is 6.92 Å². The summed E-state index contributed by atoms with van der Waals surface area (Å²) in [7, 11) is 0. The molecule has 0 fully saturated rings. The predicted molar refractivity (Wildman–Crippen MR) is 51.7 cm³/mol. The zero-order chi connectivity index (χ0) is 10.0. The van der Waals surface area contributed by atoms with Crippen molar-refractivity contribution in [3.05, 3.63) is 23.3 Å². The maximum atomic E-state index is 9.53. The van der Waals surface area contributed by atoms with Crippen LogP contribution in [0, 0.1) is 6.92 Å². The maximum absolute atomic E-state index is 9.53. The van der Waals surface area contributed by atoms with Crippen molar-refractivity contribution in [3.8, 4) is 11.5 Å². The molecular formula is C10H15NO2. The summed E-state index contributed by atoms with van der Waals surface area (Å²) in [5.74, 6) is 0.152. The van der Waals surface area contributed by atoms with Gasteiger partial charge in [0.1, 0.15) is 11.5 Å². The van der Waals surface area contributed by atoms with E-state index in [0.717, 1.165) is 5.56 Å². The van der Waals surface area contributed by atoms with Gasteiger partial charge in [0.2, 0.25) is 0 Å². The lowest BCUT2D eigenvalue weighted by molar-refractivity contribution is 0.426. The average molecular weight is 181 g/mol. The molecule has 0 aromatic heterocycles. The molecule has 0 bridgehead atoms. The van der Waals surface area contributed by atoms with Gasteiger partial charge in [0, 0.05) is 6.04 Å². The summed E-state index contributed by atoms with van der Waals surface area (Å²) in [6, 6.07) is 2.90. The third-order valence-corrected chi connectivity index (χ3v) is 2.09. The first-order chi connectivity index (χ1) is 6.06. The van der Waals surface area contributed by atoms with E-state index >= 15 is 0 Å². The van der Waals surface area contributed by atoms with Crippen LogP contribution in [0.15, 0.2) is 12.1 Å². The van der Waals surface area contributed by atoms with Crippen LogP contribution in [0.5, 0.6) is 11.5 Å². The highest BCUT2D eigenvalue weighted by molar-refractivity contribution is 5.47. The Balaban J connectivity index is 3.20. The third kappa shape index (κ3) is 1.92. The molecule has 1 aromatic rings. The molecule has 4 N–H and O–H groups in total. The van der Waals surface area contributed by atoms with Crippen molar-refractivity contribution < 1.29 is 10.2 Å². The molecule has 0 aliphatic rings. The largest absolute Gasteiger partial charge is 0.507 e. The second-order valence-corrected chi connectivity index (χ2v) is 3.23. The van der Waals surface area contributed by atoms with Gasteiger partial charge in [-0.3, -0.25) is 0 Å². The summed E-state index contributed by atoms with van der Waals surface area (Å²) >= 11 is 0. The summed E-state index contributed by atoms with van der Waals surface area (Å²) in [6.07, 6.45) is 0.685. The van der Waals surface area contributed by atoms with E-state index in [1.807, 2.05) is 6.92 Å². The van der Waals surface area contributed by atoms with E-state index in [9.17, 15) is 10.2 Å². The number of aromatic hydroxyl groups is 2. The van der Waals surface area contributed by atoms with Crippen LogP contribution in [0.25, 0.3) is 0 Å². The van der Waals surface area contributed by atoms with Crippen molar-refractivity contribution in [1.29, 1.82) is 0 Å². The molecule has 0 spiro atoms. The highest BCUT2D eigenvalue weighted by atomic mass is 16.3. The van der Waals surface area contributed by atoms with Crippen molar-refractivity contribution in [3.63, 3.8) is 0 Å². The number of phenols is 2. The Kier molecular flexibility index (Phi) is 2.78. The molecule has 0 amide bonds. The SMILES string of the molecule is CC[C@@H](N)c1c(O)cc(C)cc1O. The number of phenolic OH excluding ortho intramolecular Hbond substituents is 2. The van der Waals surface area contributed by atoms with Gasteiger partial charge in [0.15, 0.2) is 0 Å². The zero-order valence-electron chi connectivity index (χ0n) is 7.91. The van der Waals surface area contributed by atoms with Gasteiger partial charge in [-0.25, -0.2) is 0 Å². The quantitative estimate of drug-likeness (QED) is 0.652. The average Bonchev–Trinajstić information content (AvgIpc) is 2.02. The minimum Gasteiger partial charge on any atom is -0.507 e. The molecule has 0 radical (unpaired) electrons. The maximum Gasteiger partial charge on any atom is 0.124 e. The first-order valence-electron chi connectivity index (χ1n) is 4.34. The zero-order valence-corrected chi connectivity index (χ0v) is 7.91. The second-order valence-electron chi connectivity index (χ2n) is 3.23. The van der Waals surface area contributed by atoms with E-state index in [2.05, 4.69) is 0 Å². The van der Waals surface area contributed by atoms with Gasteiger partial charge < -0.3 is 15.9 Å². The van der Waals surface area contributed by atoms with Crippen molar-refractivity contribution >= 4 is 0 Å². The summed E-state index contributed by atoms with van der Waals surface area (Å²) in [5.41, 5.74) is 6.99. The number of benzene rings is 1. The molecule has 1 aromatic carbocycles. The lowest BCUT2D eigenvalue weighted by Gasteiger charge is -2.13. The first kappa shape index (κ1) is 9.86. The number of hydrogen-bond donors (Lipinski definition) is 3. The number of nitrogens with two attached hydrogens (primary N) is 1. The van der Waals surface area contributed by atoms with Crippen LogP contribution in [0.2, 0.25) is 0 Å². The third-order valence-electron chi connectivity index (χ3n) is 2.09. The standard InChI is InChI=1S/C10H15NO2/c1-3-7(11)10-8(12)4-6(2)5-9(10)13/h4-5,7,12-13H,3,11H2,1-2H3/t7-/m1/s1. The van der Waals surface area contributed by atoms with Crippen molar-refractivity contribution in [1.82, 2.24) is 0 Å². The first-order valence-corrected chi connectivity index (χ1v) is 4.34. The summed E-state index contributed by atoms with van der Waals surface area (Å²) in [6.45, 7) is 3.71. The Morgan fingerprint density at radius 2 is 1.77 bits per heavy atom. The van der Waals surface area contributed by atoms with Crippen molar-refractivity contribution in [2.45, 2.75) is 26.3 Å². The van der Waals surface area contributed by atoms with E-state index in [1.165, 1.54) is 0 Å². The number of hydrogen-bond acceptors (Lipinski definition) is 3. The van der Waals surface area contributed by atoms with E-state index in [-0.39, 0.29) is 17.5 Å². The molecule has 0 saturated heterocycles. The molecule has 3 nitrogen and oxygen atoms in total. The minimum absolute atomic E-state index is 0.0758. The van der Waals surface area contributed by atoms with Crippen LogP contribution >= 0.6 is 0 Å². The topological polar surface area (TPSA) is 66.5 Å². The lowest BCUT2D eigenvalue weighted by atomic mass is 10.0. The Morgan fingerprint density at radius 1 is 1.31 bits per heavy atom. The van der Waals surface area contributed by atoms with Crippen LogP contribution < -0.4 is 5.73 Å². The Labute approximate surface area is 77.8 Å². The van der Waals surface area contributed by atoms with Gasteiger partial charge in [-0.05, 0) is 31.0 Å². The Morgan fingerprint density at radius 3 is 2.15 bits per heavy atom. The molecule has 0 heterocycles. The van der Waals surface area contributed by atoms with Gasteiger partial charge in [-0.15, -0.1) is 0 Å². The Bertz CT molecular complexity index is 287. The van der Waals surface area contributed by atoms with Gasteiger partial charge in [0.05, 0.1) is 5.56 Å². The van der Waals surface area contributed by atoms with Crippen LogP contribution in [-0.4, -0.2) is 10.2 Å². The highest BCUT2D eigenvalue weighted by Gasteiger charge is 2.14.